The molecule has 35 heavy (non-hydrogen) atoms. The van der Waals surface area contributed by atoms with Crippen LogP contribution >= 0.6 is 24.0 Å². The lowest BCUT2D eigenvalue weighted by molar-refractivity contribution is -0.117. The van der Waals surface area contributed by atoms with E-state index in [2.05, 4.69) is 36.6 Å². The lowest BCUT2D eigenvalue weighted by Crippen LogP contribution is -2.24. The quantitative estimate of drug-likeness (QED) is 0.260. The zero-order valence-electron chi connectivity index (χ0n) is 19.9. The molecule has 1 fully saturated rings. The van der Waals surface area contributed by atoms with Gasteiger partial charge in [-0.3, -0.25) is 4.79 Å². The molecule has 1 aliphatic rings. The summed E-state index contributed by atoms with van der Waals surface area (Å²) in [6.45, 7) is 6.16. The van der Waals surface area contributed by atoms with Crippen molar-refractivity contribution >= 4 is 46.6 Å². The van der Waals surface area contributed by atoms with Crippen LogP contribution in [0.3, 0.4) is 0 Å². The number of carbonyl (C=O) groups excluding carboxylic acids is 1. The topological polar surface area (TPSA) is 47.4 Å². The second-order valence-electron chi connectivity index (χ2n) is 8.97. The van der Waals surface area contributed by atoms with Crippen LogP contribution in [0.4, 0.5) is 5.69 Å². The molecule has 1 aliphatic heterocycles. The van der Waals surface area contributed by atoms with Gasteiger partial charge >= 0.3 is 0 Å². The Balaban J connectivity index is 0.00000289. The van der Waals surface area contributed by atoms with Gasteiger partial charge in [0.15, 0.2) is 0 Å². The molecule has 0 aliphatic carbocycles. The molecule has 1 aromatic heterocycles. The van der Waals surface area contributed by atoms with Gasteiger partial charge in [0.2, 0.25) is 5.91 Å². The summed E-state index contributed by atoms with van der Waals surface area (Å²) in [6, 6.07) is 21.9. The van der Waals surface area contributed by atoms with Gasteiger partial charge in [0, 0.05) is 36.1 Å². The fourth-order valence-electron chi connectivity index (χ4n) is 4.78. The zero-order chi connectivity index (χ0) is 23.7. The monoisotopic (exact) mass is 509 g/mol. The van der Waals surface area contributed by atoms with Crippen LogP contribution in [-0.4, -0.2) is 28.6 Å². The highest BCUT2D eigenvalue weighted by molar-refractivity contribution is 6.30. The molecule has 0 N–H and O–H groups in total. The Hall–Kier alpha value is -3.02. The summed E-state index contributed by atoms with van der Waals surface area (Å²) in [7, 11) is 0. The Kier molecular flexibility index (Phi) is 7.68. The molecule has 2 heterocycles. The number of fused-ring (bicyclic) bond motifs is 1. The van der Waals surface area contributed by atoms with E-state index in [0.717, 1.165) is 46.8 Å². The number of carbonyl (C=O) groups is 1. The molecule has 0 radical (unpaired) electrons. The van der Waals surface area contributed by atoms with Crippen LogP contribution in [0.2, 0.25) is 5.02 Å². The summed E-state index contributed by atoms with van der Waals surface area (Å²) >= 11 is 6.17. The van der Waals surface area contributed by atoms with E-state index in [9.17, 15) is 4.79 Å². The number of hydrogen-bond donors (Lipinski definition) is 0. The summed E-state index contributed by atoms with van der Waals surface area (Å²) in [5.41, 5.74) is 5.28. The number of benzene rings is 3. The highest BCUT2D eigenvalue weighted by Gasteiger charge is 2.34. The maximum absolute atomic E-state index is 12.9. The Labute approximate surface area is 217 Å². The van der Waals surface area contributed by atoms with E-state index >= 15 is 0 Å². The first-order chi connectivity index (χ1) is 16.5. The molecule has 1 saturated heterocycles. The Morgan fingerprint density at radius 1 is 1.06 bits per heavy atom. The fraction of sp³-hybridized carbons (Fsp3) is 0.286. The van der Waals surface area contributed by atoms with Crippen LogP contribution in [0, 0.1) is 13.8 Å². The minimum absolute atomic E-state index is 0. The molecule has 0 bridgehead atoms. The van der Waals surface area contributed by atoms with Crippen molar-refractivity contribution in [3.63, 3.8) is 0 Å². The van der Waals surface area contributed by atoms with Gasteiger partial charge < -0.3 is 14.2 Å². The molecule has 1 unspecified atom stereocenters. The summed E-state index contributed by atoms with van der Waals surface area (Å²) in [5.74, 6) is 2.02. The zero-order valence-corrected chi connectivity index (χ0v) is 21.5. The highest BCUT2D eigenvalue weighted by Crippen LogP contribution is 2.34. The second kappa shape index (κ2) is 10.7. The average Bonchev–Trinajstić information content (AvgIpc) is 3.38. The number of nitrogens with zero attached hydrogens (tertiary/aromatic N) is 3. The van der Waals surface area contributed by atoms with Crippen LogP contribution in [0.5, 0.6) is 5.75 Å². The van der Waals surface area contributed by atoms with Crippen molar-refractivity contribution in [1.29, 1.82) is 0 Å². The first-order valence-electron chi connectivity index (χ1n) is 11.7. The molecular formula is C28H29Cl2N3O2. The molecular weight excluding hydrogens is 481 g/mol. The van der Waals surface area contributed by atoms with Crippen LogP contribution in [0.15, 0.2) is 66.7 Å². The minimum Gasteiger partial charge on any atom is -0.493 e. The number of imidazole rings is 1. The van der Waals surface area contributed by atoms with Gasteiger partial charge in [-0.05, 0) is 62.2 Å². The van der Waals surface area contributed by atoms with E-state index in [1.54, 1.807) is 0 Å². The second-order valence-corrected chi connectivity index (χ2v) is 9.40. The average molecular weight is 510 g/mol. The van der Waals surface area contributed by atoms with Crippen molar-refractivity contribution in [3.8, 4) is 5.75 Å². The molecule has 0 spiro atoms. The Bertz CT molecular complexity index is 1350. The van der Waals surface area contributed by atoms with Gasteiger partial charge in [-0.1, -0.05) is 47.5 Å². The molecule has 182 valence electrons. The number of rotatable bonds is 7. The number of hydrogen-bond acceptors (Lipinski definition) is 3. The SMILES string of the molecule is Cc1ccc(OCCCn2c(C3CC(=O)N(c4cccc(Cl)c4)C3)nc3ccccc32)c(C)c1.Cl. The van der Waals surface area contributed by atoms with E-state index in [-0.39, 0.29) is 24.2 Å². The Morgan fingerprint density at radius 3 is 2.69 bits per heavy atom. The summed E-state index contributed by atoms with van der Waals surface area (Å²) < 4.78 is 8.33. The van der Waals surface area contributed by atoms with Crippen molar-refractivity contribution in [2.45, 2.75) is 39.2 Å². The lowest BCUT2D eigenvalue weighted by Gasteiger charge is -2.18. The van der Waals surface area contributed by atoms with E-state index in [1.807, 2.05) is 53.4 Å². The van der Waals surface area contributed by atoms with E-state index in [4.69, 9.17) is 21.3 Å². The normalized spacial score (nSPS) is 15.5. The van der Waals surface area contributed by atoms with E-state index < -0.39 is 0 Å². The van der Waals surface area contributed by atoms with Gasteiger partial charge in [-0.25, -0.2) is 4.98 Å². The Morgan fingerprint density at radius 2 is 1.89 bits per heavy atom. The number of aromatic nitrogens is 2. The highest BCUT2D eigenvalue weighted by atomic mass is 35.5. The van der Waals surface area contributed by atoms with E-state index in [0.29, 0.717) is 24.6 Å². The van der Waals surface area contributed by atoms with Crippen LogP contribution in [0.25, 0.3) is 11.0 Å². The predicted molar refractivity (Wildman–Crippen MR) is 144 cm³/mol. The number of aryl methyl sites for hydroxylation is 3. The smallest absolute Gasteiger partial charge is 0.227 e. The van der Waals surface area contributed by atoms with Gasteiger partial charge in [-0.15, -0.1) is 12.4 Å². The maximum atomic E-state index is 12.9. The van der Waals surface area contributed by atoms with Gasteiger partial charge in [0.05, 0.1) is 17.6 Å². The largest absolute Gasteiger partial charge is 0.493 e. The van der Waals surface area contributed by atoms with Crippen LogP contribution in [0.1, 0.15) is 35.7 Å². The number of ether oxygens (including phenoxy) is 1. The lowest BCUT2D eigenvalue weighted by atomic mass is 10.1. The summed E-state index contributed by atoms with van der Waals surface area (Å²) in [6.07, 6.45) is 1.29. The van der Waals surface area contributed by atoms with E-state index in [1.165, 1.54) is 5.56 Å². The summed E-state index contributed by atoms with van der Waals surface area (Å²) in [4.78, 5) is 19.7. The number of halogens is 2. The third-order valence-corrected chi connectivity index (χ3v) is 6.64. The molecule has 3 aromatic carbocycles. The third kappa shape index (κ3) is 5.31. The van der Waals surface area contributed by atoms with Crippen molar-refractivity contribution in [2.24, 2.45) is 0 Å². The maximum Gasteiger partial charge on any atom is 0.227 e. The fourth-order valence-corrected chi connectivity index (χ4v) is 4.97. The minimum atomic E-state index is 0. The molecule has 4 aromatic rings. The first-order valence-corrected chi connectivity index (χ1v) is 12.1. The van der Waals surface area contributed by atoms with Crippen molar-refractivity contribution in [1.82, 2.24) is 9.55 Å². The molecule has 0 saturated carbocycles. The number of amides is 1. The standard InChI is InChI=1S/C28H28ClN3O2.ClH/c1-19-11-12-26(20(2)15-19)34-14-6-13-31-25-10-4-3-9-24(25)30-28(31)21-16-27(33)32(18-21)23-8-5-7-22(29)17-23;/h3-5,7-12,15,17,21H,6,13-14,16,18H2,1-2H3;1H. The third-order valence-electron chi connectivity index (χ3n) is 6.41. The molecule has 5 rings (SSSR count). The summed E-state index contributed by atoms with van der Waals surface area (Å²) in [5, 5.41) is 0.629. The van der Waals surface area contributed by atoms with Gasteiger partial charge in [-0.2, -0.15) is 0 Å². The number of para-hydroxylation sites is 2. The first kappa shape index (κ1) is 25.1. The van der Waals surface area contributed by atoms with Crippen molar-refractivity contribution < 1.29 is 9.53 Å². The molecule has 7 heteroatoms. The molecule has 1 atom stereocenters. The van der Waals surface area contributed by atoms with Crippen LogP contribution < -0.4 is 9.64 Å². The molecule has 1 amide bonds. The van der Waals surface area contributed by atoms with Gasteiger partial charge in [0.1, 0.15) is 11.6 Å². The molecule has 5 nitrogen and oxygen atoms in total. The van der Waals surface area contributed by atoms with Crippen molar-refractivity contribution in [3.05, 3.63) is 88.7 Å². The van der Waals surface area contributed by atoms with Crippen LogP contribution in [-0.2, 0) is 11.3 Å². The predicted octanol–water partition coefficient (Wildman–Crippen LogP) is 6.72. The number of anilines is 1. The van der Waals surface area contributed by atoms with Crippen molar-refractivity contribution in [2.75, 3.05) is 18.1 Å². The van der Waals surface area contributed by atoms with Gasteiger partial charge in [0.25, 0.3) is 0 Å².